The highest BCUT2D eigenvalue weighted by Gasteiger charge is 2.26. The van der Waals surface area contributed by atoms with E-state index in [2.05, 4.69) is 5.32 Å². The van der Waals surface area contributed by atoms with Crippen LogP contribution in [0.3, 0.4) is 0 Å². The lowest BCUT2D eigenvalue weighted by Crippen LogP contribution is -2.36. The van der Waals surface area contributed by atoms with Crippen molar-refractivity contribution in [1.82, 2.24) is 0 Å². The molecule has 1 aromatic carbocycles. The molecule has 0 radical (unpaired) electrons. The van der Waals surface area contributed by atoms with Crippen molar-refractivity contribution in [3.8, 4) is 0 Å². The highest BCUT2D eigenvalue weighted by atomic mass is 16.6. The number of nitrogens with two attached hydrogens (primary N) is 2. The second kappa shape index (κ2) is 6.53. The topological polar surface area (TPSA) is 124 Å². The number of carbonyl (C=O) groups is 1. The molecule has 0 heterocycles. The predicted molar refractivity (Wildman–Crippen MR) is 80.0 cm³/mol. The fourth-order valence-electron chi connectivity index (χ4n) is 2.84. The third kappa shape index (κ3) is 3.49. The number of anilines is 1. The summed E-state index contributed by atoms with van der Waals surface area (Å²) in [6, 6.07) is 4.21. The second-order valence-corrected chi connectivity index (χ2v) is 5.38. The molecule has 2 rings (SSSR count). The minimum absolute atomic E-state index is 0.0543. The van der Waals surface area contributed by atoms with Gasteiger partial charge in [-0.05, 0) is 37.4 Å². The van der Waals surface area contributed by atoms with Gasteiger partial charge in [-0.15, -0.1) is 0 Å². The van der Waals surface area contributed by atoms with Gasteiger partial charge in [0.15, 0.2) is 0 Å². The summed E-state index contributed by atoms with van der Waals surface area (Å²) in [6.45, 7) is 0.543. The molecule has 7 nitrogen and oxygen atoms in total. The number of benzene rings is 1. The molecule has 1 aliphatic carbocycles. The van der Waals surface area contributed by atoms with E-state index in [0.717, 1.165) is 25.7 Å². The quantitative estimate of drug-likeness (QED) is 0.562. The first-order chi connectivity index (χ1) is 10.0. The summed E-state index contributed by atoms with van der Waals surface area (Å²) in [5.41, 5.74) is 11.5. The van der Waals surface area contributed by atoms with E-state index < -0.39 is 10.8 Å². The monoisotopic (exact) mass is 292 g/mol. The maximum Gasteiger partial charge on any atom is 0.292 e. The second-order valence-electron chi connectivity index (χ2n) is 5.38. The molecule has 1 fully saturated rings. The summed E-state index contributed by atoms with van der Waals surface area (Å²) in [6.07, 6.45) is 4.12. The Hall–Kier alpha value is -2.15. The van der Waals surface area contributed by atoms with E-state index in [4.69, 9.17) is 11.5 Å². The first-order valence-corrected chi connectivity index (χ1v) is 7.07. The van der Waals surface area contributed by atoms with Crippen LogP contribution in [0.4, 0.5) is 11.4 Å². The molecule has 21 heavy (non-hydrogen) atoms. The van der Waals surface area contributed by atoms with Gasteiger partial charge in [-0.1, -0.05) is 12.8 Å². The molecule has 7 heteroatoms. The van der Waals surface area contributed by atoms with Crippen molar-refractivity contribution in [1.29, 1.82) is 0 Å². The van der Waals surface area contributed by atoms with Gasteiger partial charge in [0.25, 0.3) is 5.69 Å². The molecule has 0 saturated heterocycles. The summed E-state index contributed by atoms with van der Waals surface area (Å²) in [5, 5.41) is 14.3. The van der Waals surface area contributed by atoms with Gasteiger partial charge in [-0.2, -0.15) is 0 Å². The van der Waals surface area contributed by atoms with Crippen molar-refractivity contribution in [3.63, 3.8) is 0 Å². The summed E-state index contributed by atoms with van der Waals surface area (Å²) < 4.78 is 0. The van der Waals surface area contributed by atoms with Crippen LogP contribution in [0.1, 0.15) is 36.0 Å². The van der Waals surface area contributed by atoms with E-state index in [-0.39, 0.29) is 23.2 Å². The molecular formula is C14H20N4O3. The van der Waals surface area contributed by atoms with Gasteiger partial charge in [0.05, 0.1) is 4.92 Å². The molecule has 1 aromatic rings. The van der Waals surface area contributed by atoms with E-state index in [9.17, 15) is 14.9 Å². The van der Waals surface area contributed by atoms with Crippen LogP contribution >= 0.6 is 0 Å². The maximum absolute atomic E-state index is 11.3. The van der Waals surface area contributed by atoms with Crippen LogP contribution in [0, 0.1) is 16.0 Å². The normalized spacial score (nSPS) is 21.8. The van der Waals surface area contributed by atoms with Crippen LogP contribution in [0.5, 0.6) is 0 Å². The molecule has 0 spiro atoms. The highest BCUT2D eigenvalue weighted by molar-refractivity contribution is 5.94. The Morgan fingerprint density at radius 2 is 2.10 bits per heavy atom. The Bertz CT molecular complexity index is 547. The summed E-state index contributed by atoms with van der Waals surface area (Å²) >= 11 is 0. The Morgan fingerprint density at radius 3 is 2.71 bits per heavy atom. The SMILES string of the molecule is NCC1CCCCC1Nc1cc(C(N)=O)ccc1[N+](=O)[O-]. The van der Waals surface area contributed by atoms with Gasteiger partial charge in [0.2, 0.25) is 5.91 Å². The van der Waals surface area contributed by atoms with Crippen molar-refractivity contribution in [2.75, 3.05) is 11.9 Å². The smallest absolute Gasteiger partial charge is 0.292 e. The number of hydrogen-bond donors (Lipinski definition) is 3. The van der Waals surface area contributed by atoms with Crippen molar-refractivity contribution in [2.45, 2.75) is 31.7 Å². The molecule has 0 aromatic heterocycles. The van der Waals surface area contributed by atoms with Gasteiger partial charge >= 0.3 is 0 Å². The molecular weight excluding hydrogens is 272 g/mol. The number of rotatable bonds is 5. The molecule has 2 unspecified atom stereocenters. The number of nitro benzene ring substituents is 1. The molecule has 5 N–H and O–H groups in total. The Labute approximate surface area is 122 Å². The number of nitro groups is 1. The van der Waals surface area contributed by atoms with Crippen molar-refractivity contribution in [2.24, 2.45) is 17.4 Å². The first-order valence-electron chi connectivity index (χ1n) is 7.07. The maximum atomic E-state index is 11.3. The fraction of sp³-hybridized carbons (Fsp3) is 0.500. The Kier molecular flexibility index (Phi) is 4.74. The van der Waals surface area contributed by atoms with E-state index in [1.807, 2.05) is 0 Å². The molecule has 2 atom stereocenters. The Balaban J connectivity index is 2.29. The molecule has 0 bridgehead atoms. The van der Waals surface area contributed by atoms with E-state index in [1.165, 1.54) is 18.2 Å². The van der Waals surface area contributed by atoms with Crippen LogP contribution in [0.15, 0.2) is 18.2 Å². The number of primary amides is 1. The standard InChI is InChI=1S/C14H20N4O3/c15-8-10-3-1-2-4-11(10)17-12-7-9(14(16)19)5-6-13(12)18(20)21/h5-7,10-11,17H,1-4,8,15H2,(H2,16,19). The highest BCUT2D eigenvalue weighted by Crippen LogP contribution is 2.31. The molecule has 1 aliphatic rings. The molecule has 1 saturated carbocycles. The third-order valence-corrected chi connectivity index (χ3v) is 4.03. The van der Waals surface area contributed by atoms with Crippen LogP contribution in [0.2, 0.25) is 0 Å². The lowest BCUT2D eigenvalue weighted by Gasteiger charge is -2.32. The average Bonchev–Trinajstić information content (AvgIpc) is 2.47. The number of amides is 1. The summed E-state index contributed by atoms with van der Waals surface area (Å²) in [4.78, 5) is 21.9. The first kappa shape index (κ1) is 15.2. The number of nitrogens with one attached hydrogen (secondary N) is 1. The van der Waals surface area contributed by atoms with Crippen LogP contribution in [-0.2, 0) is 0 Å². The molecule has 114 valence electrons. The van der Waals surface area contributed by atoms with Gasteiger partial charge in [-0.25, -0.2) is 0 Å². The van der Waals surface area contributed by atoms with E-state index >= 15 is 0 Å². The lowest BCUT2D eigenvalue weighted by atomic mass is 9.84. The zero-order chi connectivity index (χ0) is 15.4. The van der Waals surface area contributed by atoms with Gasteiger partial charge in [0, 0.05) is 17.7 Å². The van der Waals surface area contributed by atoms with Gasteiger partial charge in [-0.3, -0.25) is 14.9 Å². The Morgan fingerprint density at radius 1 is 1.38 bits per heavy atom. The lowest BCUT2D eigenvalue weighted by molar-refractivity contribution is -0.384. The third-order valence-electron chi connectivity index (χ3n) is 4.03. The van der Waals surface area contributed by atoms with Gasteiger partial charge < -0.3 is 16.8 Å². The van der Waals surface area contributed by atoms with Crippen molar-refractivity contribution in [3.05, 3.63) is 33.9 Å². The fourth-order valence-corrected chi connectivity index (χ4v) is 2.84. The van der Waals surface area contributed by atoms with E-state index in [0.29, 0.717) is 12.2 Å². The van der Waals surface area contributed by atoms with Crippen molar-refractivity contribution >= 4 is 17.3 Å². The van der Waals surface area contributed by atoms with Crippen molar-refractivity contribution < 1.29 is 9.72 Å². The van der Waals surface area contributed by atoms with Crippen LogP contribution in [-0.4, -0.2) is 23.4 Å². The number of nitrogens with zero attached hydrogens (tertiary/aromatic N) is 1. The van der Waals surface area contributed by atoms with E-state index in [1.54, 1.807) is 0 Å². The average molecular weight is 292 g/mol. The number of hydrogen-bond acceptors (Lipinski definition) is 5. The van der Waals surface area contributed by atoms with Crippen LogP contribution < -0.4 is 16.8 Å². The zero-order valence-corrected chi connectivity index (χ0v) is 11.7. The predicted octanol–water partition coefficient (Wildman–Crippen LogP) is 1.62. The minimum Gasteiger partial charge on any atom is -0.376 e. The van der Waals surface area contributed by atoms with Crippen LogP contribution in [0.25, 0.3) is 0 Å². The number of carbonyl (C=O) groups excluding carboxylic acids is 1. The summed E-state index contributed by atoms with van der Waals surface area (Å²) in [5.74, 6) is -0.317. The molecule has 1 amide bonds. The molecule has 0 aliphatic heterocycles. The van der Waals surface area contributed by atoms with Gasteiger partial charge in [0.1, 0.15) is 5.69 Å². The summed E-state index contributed by atoms with van der Waals surface area (Å²) in [7, 11) is 0. The zero-order valence-electron chi connectivity index (χ0n) is 11.7. The largest absolute Gasteiger partial charge is 0.376 e. The minimum atomic E-state index is -0.605.